The summed E-state index contributed by atoms with van der Waals surface area (Å²) < 4.78 is 23.5. The molecule has 0 aromatic heterocycles. The molecule has 0 rings (SSSR count). The summed E-state index contributed by atoms with van der Waals surface area (Å²) in [6.45, 7) is 4.78. The summed E-state index contributed by atoms with van der Waals surface area (Å²) in [4.78, 5) is 25.6. The minimum atomic E-state index is -4.57. The fourth-order valence-electron chi connectivity index (χ4n) is 11.0. The maximum atomic E-state index is 13.0. The van der Waals surface area contributed by atoms with Crippen LogP contribution in [0.1, 0.15) is 373 Å². The van der Waals surface area contributed by atoms with Crippen LogP contribution >= 0.6 is 7.82 Å². The van der Waals surface area contributed by atoms with Gasteiger partial charge in [0.1, 0.15) is 13.2 Å². The first-order valence-corrected chi connectivity index (χ1v) is 35.8. The maximum Gasteiger partial charge on any atom is 0.268 e. The molecule has 0 saturated heterocycles. The average molecular weight is 1100 g/mol. The Bertz CT molecular complexity index is 1200. The SMILES string of the molecule is CCCCCCCCCCCCCCCCCCCCCCCCCCCCCCCCCCCCCCCCCC(=O)NC(COP(=O)([O-])OCC[N+](C)(C)C)C(O)CCCCCCCCCCCCCCCCC. The van der Waals surface area contributed by atoms with Crippen LogP contribution in [-0.2, 0) is 18.4 Å². The molecule has 0 aliphatic carbocycles. The zero-order valence-corrected chi connectivity index (χ0v) is 53.2. The second kappa shape index (κ2) is 59.1. The molecule has 1 amide bonds. The van der Waals surface area contributed by atoms with Gasteiger partial charge >= 0.3 is 0 Å². The quantitative estimate of drug-likeness (QED) is 0.0357. The summed E-state index contributed by atoms with van der Waals surface area (Å²) in [5, 5.41) is 14.0. The van der Waals surface area contributed by atoms with E-state index in [9.17, 15) is 19.4 Å². The van der Waals surface area contributed by atoms with E-state index >= 15 is 0 Å². The lowest BCUT2D eigenvalue weighted by atomic mass is 10.0. The molecule has 9 heteroatoms. The lowest BCUT2D eigenvalue weighted by Crippen LogP contribution is -2.46. The molecule has 0 bridgehead atoms. The molecule has 0 spiro atoms. The van der Waals surface area contributed by atoms with Gasteiger partial charge in [0.2, 0.25) is 5.91 Å². The van der Waals surface area contributed by atoms with E-state index in [0.29, 0.717) is 23.9 Å². The van der Waals surface area contributed by atoms with Crippen LogP contribution in [0, 0.1) is 0 Å². The van der Waals surface area contributed by atoms with Gasteiger partial charge in [0.05, 0.1) is 39.9 Å². The number of hydrogen-bond donors (Lipinski definition) is 2. The van der Waals surface area contributed by atoms with Gasteiger partial charge in [-0.2, -0.15) is 0 Å². The van der Waals surface area contributed by atoms with Crippen LogP contribution in [0.5, 0.6) is 0 Å². The fraction of sp³-hybridized carbons (Fsp3) is 0.985. The molecule has 0 aliphatic rings. The molecule has 76 heavy (non-hydrogen) atoms. The topological polar surface area (TPSA) is 108 Å². The van der Waals surface area contributed by atoms with E-state index in [0.717, 1.165) is 38.5 Å². The summed E-state index contributed by atoms with van der Waals surface area (Å²) in [5.41, 5.74) is 0. The van der Waals surface area contributed by atoms with Gasteiger partial charge in [-0.25, -0.2) is 0 Å². The summed E-state index contributed by atoms with van der Waals surface area (Å²) in [6.07, 6.45) is 73.4. The van der Waals surface area contributed by atoms with Gasteiger partial charge < -0.3 is 28.8 Å². The Labute approximate surface area is 476 Å². The van der Waals surface area contributed by atoms with Crippen molar-refractivity contribution in [2.45, 2.75) is 386 Å². The van der Waals surface area contributed by atoms with Crippen LogP contribution in [0.4, 0.5) is 0 Å². The number of carbonyl (C=O) groups excluding carboxylic acids is 1. The number of nitrogens with zero attached hydrogens (tertiary/aromatic N) is 1. The average Bonchev–Trinajstić information content (AvgIpc) is 3.38. The fourth-order valence-corrected chi connectivity index (χ4v) is 11.7. The number of likely N-dealkylation sites (N-methyl/N-ethyl adjacent to an activating group) is 1. The third-order valence-electron chi connectivity index (χ3n) is 16.3. The summed E-state index contributed by atoms with van der Waals surface area (Å²) >= 11 is 0. The van der Waals surface area contributed by atoms with Crippen LogP contribution in [0.3, 0.4) is 0 Å². The monoisotopic (exact) mass is 1100 g/mol. The third kappa shape index (κ3) is 61.1. The molecule has 0 aromatic carbocycles. The van der Waals surface area contributed by atoms with E-state index in [4.69, 9.17) is 9.05 Å². The molecular weight excluding hydrogens is 960 g/mol. The Morgan fingerprint density at radius 2 is 0.645 bits per heavy atom. The molecule has 3 unspecified atom stereocenters. The van der Waals surface area contributed by atoms with Crippen molar-refractivity contribution in [1.82, 2.24) is 5.32 Å². The molecule has 8 nitrogen and oxygen atoms in total. The molecule has 0 saturated carbocycles. The lowest BCUT2D eigenvalue weighted by Gasteiger charge is -2.30. The van der Waals surface area contributed by atoms with E-state index in [1.165, 1.54) is 308 Å². The molecule has 3 atom stereocenters. The number of quaternary nitrogens is 1. The maximum absolute atomic E-state index is 13.0. The van der Waals surface area contributed by atoms with Crippen LogP contribution in [0.2, 0.25) is 0 Å². The molecule has 2 N–H and O–H groups in total. The number of carbonyl (C=O) groups is 1. The predicted octanol–water partition coefficient (Wildman–Crippen LogP) is 20.9. The standard InChI is InChI=1S/C67H137N2O6P/c1-6-8-10-12-14-16-18-20-22-23-24-25-26-27-28-29-30-31-32-33-34-35-36-37-38-39-40-41-42-43-44-45-47-49-51-53-55-57-59-61-67(71)68-65(64-75-76(72,73)74-63-62-69(3,4)5)66(70)60-58-56-54-52-50-48-46-21-19-17-15-13-11-9-7-2/h65-66,70H,6-64H2,1-5H3,(H-,68,71,72,73). The summed E-state index contributed by atoms with van der Waals surface area (Å²) in [5.74, 6) is -0.155. The van der Waals surface area contributed by atoms with Crippen LogP contribution in [0.15, 0.2) is 0 Å². The van der Waals surface area contributed by atoms with Crippen molar-refractivity contribution >= 4 is 13.7 Å². The number of amides is 1. The molecule has 0 aromatic rings. The predicted molar refractivity (Wildman–Crippen MR) is 330 cm³/mol. The highest BCUT2D eigenvalue weighted by atomic mass is 31.2. The van der Waals surface area contributed by atoms with E-state index in [-0.39, 0.29) is 19.1 Å². The molecule has 0 fully saturated rings. The Kier molecular flexibility index (Phi) is 58.7. The number of aliphatic hydroxyl groups excluding tert-OH is 1. The second-order valence-corrected chi connectivity index (χ2v) is 26.7. The van der Waals surface area contributed by atoms with Crippen molar-refractivity contribution in [1.29, 1.82) is 0 Å². The molecule has 456 valence electrons. The van der Waals surface area contributed by atoms with Gasteiger partial charge in [0.25, 0.3) is 7.82 Å². The third-order valence-corrected chi connectivity index (χ3v) is 17.3. The van der Waals surface area contributed by atoms with Crippen molar-refractivity contribution in [3.63, 3.8) is 0 Å². The summed E-state index contributed by atoms with van der Waals surface area (Å²) in [7, 11) is 1.33. The van der Waals surface area contributed by atoms with Crippen LogP contribution < -0.4 is 10.2 Å². The van der Waals surface area contributed by atoms with E-state index in [2.05, 4.69) is 19.2 Å². The minimum absolute atomic E-state index is 0.0166. The Hall–Kier alpha value is -0.500. The van der Waals surface area contributed by atoms with E-state index in [1.807, 2.05) is 21.1 Å². The van der Waals surface area contributed by atoms with E-state index in [1.54, 1.807) is 0 Å². The van der Waals surface area contributed by atoms with Gasteiger partial charge in [0.15, 0.2) is 0 Å². The summed E-state index contributed by atoms with van der Waals surface area (Å²) in [6, 6.07) is -0.795. The largest absolute Gasteiger partial charge is 0.756 e. The molecule has 0 aliphatic heterocycles. The highest BCUT2D eigenvalue weighted by Crippen LogP contribution is 2.38. The zero-order valence-electron chi connectivity index (χ0n) is 52.3. The number of phosphoric acid groups is 1. The first kappa shape index (κ1) is 75.5. The van der Waals surface area contributed by atoms with Gasteiger partial charge in [0, 0.05) is 6.42 Å². The molecular formula is C67H137N2O6P. The highest BCUT2D eigenvalue weighted by Gasteiger charge is 2.24. The van der Waals surface area contributed by atoms with E-state index < -0.39 is 20.0 Å². The van der Waals surface area contributed by atoms with Gasteiger partial charge in [-0.05, 0) is 12.8 Å². The highest BCUT2D eigenvalue weighted by molar-refractivity contribution is 7.45. The second-order valence-electron chi connectivity index (χ2n) is 25.3. The van der Waals surface area contributed by atoms with Gasteiger partial charge in [-0.1, -0.05) is 354 Å². The first-order valence-electron chi connectivity index (χ1n) is 34.4. The number of unbranched alkanes of at least 4 members (excludes halogenated alkanes) is 52. The number of nitrogens with one attached hydrogen (secondary N) is 1. The van der Waals surface area contributed by atoms with Crippen LogP contribution in [-0.4, -0.2) is 68.5 Å². The Morgan fingerprint density at radius 3 is 0.895 bits per heavy atom. The number of hydrogen-bond acceptors (Lipinski definition) is 6. The van der Waals surface area contributed by atoms with Gasteiger partial charge in [-0.3, -0.25) is 9.36 Å². The normalized spacial score (nSPS) is 13.6. The van der Waals surface area contributed by atoms with Crippen molar-refractivity contribution in [2.75, 3.05) is 40.9 Å². The minimum Gasteiger partial charge on any atom is -0.756 e. The Morgan fingerprint density at radius 1 is 0.408 bits per heavy atom. The first-order chi connectivity index (χ1) is 37.0. The zero-order chi connectivity index (χ0) is 55.6. The number of aliphatic hydroxyl groups is 1. The van der Waals surface area contributed by atoms with Crippen molar-refractivity contribution in [2.24, 2.45) is 0 Å². The Balaban J connectivity index is 3.81. The van der Waals surface area contributed by atoms with Crippen molar-refractivity contribution in [3.05, 3.63) is 0 Å². The van der Waals surface area contributed by atoms with Gasteiger partial charge in [-0.15, -0.1) is 0 Å². The van der Waals surface area contributed by atoms with Crippen molar-refractivity contribution in [3.8, 4) is 0 Å². The molecule has 0 heterocycles. The number of phosphoric ester groups is 1. The smallest absolute Gasteiger partial charge is 0.268 e. The lowest BCUT2D eigenvalue weighted by molar-refractivity contribution is -0.870. The molecule has 0 radical (unpaired) electrons. The van der Waals surface area contributed by atoms with Crippen LogP contribution in [0.25, 0.3) is 0 Å². The van der Waals surface area contributed by atoms with Crippen molar-refractivity contribution < 1.29 is 32.9 Å². The number of rotatable bonds is 65.